The summed E-state index contributed by atoms with van der Waals surface area (Å²) in [7, 11) is 0. The molecule has 0 saturated carbocycles. The molecule has 108 valence electrons. The minimum absolute atomic E-state index is 0.856. The topological polar surface area (TPSA) is 37.8 Å². The number of nitrogens with one attached hydrogen (secondary N) is 1. The van der Waals surface area contributed by atoms with Crippen molar-refractivity contribution in [3.8, 4) is 10.7 Å². The molecule has 2 heterocycles. The highest BCUT2D eigenvalue weighted by molar-refractivity contribution is 14.1. The summed E-state index contributed by atoms with van der Waals surface area (Å²) in [6.45, 7) is 7.34. The summed E-state index contributed by atoms with van der Waals surface area (Å²) in [4.78, 5) is 12.0. The Morgan fingerprint density at radius 2 is 2.00 bits per heavy atom. The van der Waals surface area contributed by atoms with Gasteiger partial charge in [0.15, 0.2) is 5.82 Å². The highest BCUT2D eigenvalue weighted by Gasteiger charge is 2.13. The average molecular weight is 401 g/mol. The van der Waals surface area contributed by atoms with E-state index in [0.29, 0.717) is 0 Å². The van der Waals surface area contributed by atoms with Crippen molar-refractivity contribution in [1.82, 2.24) is 9.97 Å². The Kier molecular flexibility index (Phi) is 5.77. The van der Waals surface area contributed by atoms with Gasteiger partial charge in [0.2, 0.25) is 0 Å². The van der Waals surface area contributed by atoms with Crippen molar-refractivity contribution in [2.75, 3.05) is 11.9 Å². The van der Waals surface area contributed by atoms with Gasteiger partial charge in [-0.25, -0.2) is 9.97 Å². The van der Waals surface area contributed by atoms with Crippen LogP contribution in [0.25, 0.3) is 10.7 Å². The first kappa shape index (κ1) is 15.7. The van der Waals surface area contributed by atoms with E-state index in [0.717, 1.165) is 51.6 Å². The van der Waals surface area contributed by atoms with Gasteiger partial charge >= 0.3 is 0 Å². The Bertz CT molecular complexity index is 553. The molecule has 20 heavy (non-hydrogen) atoms. The Hall–Kier alpha value is -0.690. The molecule has 0 spiro atoms. The first-order valence-corrected chi connectivity index (χ1v) is 8.98. The van der Waals surface area contributed by atoms with Crippen LogP contribution in [-0.2, 0) is 12.8 Å². The van der Waals surface area contributed by atoms with Crippen LogP contribution in [0.2, 0.25) is 0 Å². The molecule has 0 unspecified atom stereocenters. The van der Waals surface area contributed by atoms with Crippen molar-refractivity contribution in [2.24, 2.45) is 0 Å². The van der Waals surface area contributed by atoms with E-state index in [9.17, 15) is 0 Å². The van der Waals surface area contributed by atoms with Crippen molar-refractivity contribution in [3.05, 3.63) is 26.3 Å². The van der Waals surface area contributed by atoms with Gasteiger partial charge in [-0.05, 0) is 54.5 Å². The van der Waals surface area contributed by atoms with Crippen molar-refractivity contribution >= 4 is 39.7 Å². The lowest BCUT2D eigenvalue weighted by Gasteiger charge is -2.11. The molecule has 5 heteroatoms. The van der Waals surface area contributed by atoms with Crippen molar-refractivity contribution < 1.29 is 0 Å². The number of rotatable bonds is 6. The molecule has 2 rings (SSSR count). The molecule has 0 fully saturated rings. The molecule has 0 bridgehead atoms. The van der Waals surface area contributed by atoms with Gasteiger partial charge in [-0.2, -0.15) is 0 Å². The Balaban J connectivity index is 2.46. The molecule has 0 saturated heterocycles. The lowest BCUT2D eigenvalue weighted by atomic mass is 10.2. The molecule has 0 aliphatic rings. The number of aryl methyl sites for hydroxylation is 2. The predicted molar refractivity (Wildman–Crippen MR) is 95.6 cm³/mol. The second-order valence-electron chi connectivity index (χ2n) is 4.56. The molecule has 0 aliphatic heterocycles. The van der Waals surface area contributed by atoms with Gasteiger partial charge in [-0.1, -0.05) is 20.3 Å². The van der Waals surface area contributed by atoms with Crippen LogP contribution in [0, 0.1) is 3.57 Å². The third-order valence-electron chi connectivity index (χ3n) is 2.98. The first-order chi connectivity index (χ1) is 9.69. The second kappa shape index (κ2) is 7.36. The highest BCUT2D eigenvalue weighted by atomic mass is 127. The zero-order valence-electron chi connectivity index (χ0n) is 12.2. The van der Waals surface area contributed by atoms with Crippen LogP contribution in [0.4, 0.5) is 5.82 Å². The monoisotopic (exact) mass is 401 g/mol. The fourth-order valence-corrected chi connectivity index (χ4v) is 3.56. The molecule has 0 atom stereocenters. The van der Waals surface area contributed by atoms with E-state index in [1.54, 1.807) is 11.3 Å². The van der Waals surface area contributed by atoms with Crippen molar-refractivity contribution in [1.29, 1.82) is 0 Å². The highest BCUT2D eigenvalue weighted by Crippen LogP contribution is 2.29. The number of halogens is 1. The predicted octanol–water partition coefficient (Wildman–Crippen LogP) is 4.76. The third-order valence-corrected chi connectivity index (χ3v) is 5.34. The van der Waals surface area contributed by atoms with Gasteiger partial charge in [-0.3, -0.25) is 0 Å². The zero-order valence-corrected chi connectivity index (χ0v) is 15.1. The molecule has 3 nitrogen and oxygen atoms in total. The Labute approximate surface area is 138 Å². The van der Waals surface area contributed by atoms with Gasteiger partial charge in [0, 0.05) is 11.4 Å². The molecule has 0 radical (unpaired) electrons. The van der Waals surface area contributed by atoms with Gasteiger partial charge in [0.25, 0.3) is 0 Å². The van der Waals surface area contributed by atoms with Crippen LogP contribution >= 0.6 is 33.9 Å². The fourth-order valence-electron chi connectivity index (χ4n) is 1.98. The minimum atomic E-state index is 0.856. The summed E-state index contributed by atoms with van der Waals surface area (Å²) in [5, 5.41) is 3.35. The van der Waals surface area contributed by atoms with Gasteiger partial charge in [0.05, 0.1) is 14.1 Å². The fraction of sp³-hybridized carbons (Fsp3) is 0.467. The van der Waals surface area contributed by atoms with E-state index in [4.69, 9.17) is 9.97 Å². The smallest absolute Gasteiger partial charge is 0.171 e. The second-order valence-corrected chi connectivity index (χ2v) is 6.80. The van der Waals surface area contributed by atoms with E-state index in [1.807, 2.05) is 0 Å². The van der Waals surface area contributed by atoms with Gasteiger partial charge in [-0.15, -0.1) is 11.3 Å². The number of anilines is 1. The molecule has 1 N–H and O–H groups in total. The van der Waals surface area contributed by atoms with E-state index in [2.05, 4.69) is 60.8 Å². The Morgan fingerprint density at radius 3 is 2.60 bits per heavy atom. The number of nitrogens with zero attached hydrogens (tertiary/aromatic N) is 2. The minimum Gasteiger partial charge on any atom is -0.369 e. The number of thiophene rings is 1. The standard InChI is InChI=1S/C15H20IN3S/c1-4-7-11-13(16)15(17-6-3)19-14(18-11)12-9-8-10(5-2)20-12/h8-9H,4-7H2,1-3H3,(H,17,18,19). The summed E-state index contributed by atoms with van der Waals surface area (Å²) in [5.41, 5.74) is 1.15. The third kappa shape index (κ3) is 3.49. The molecular weight excluding hydrogens is 381 g/mol. The maximum atomic E-state index is 4.77. The van der Waals surface area contributed by atoms with Crippen LogP contribution in [0.1, 0.15) is 37.8 Å². The zero-order chi connectivity index (χ0) is 14.5. The van der Waals surface area contributed by atoms with E-state index >= 15 is 0 Å². The maximum absolute atomic E-state index is 4.77. The maximum Gasteiger partial charge on any atom is 0.171 e. The normalized spacial score (nSPS) is 10.8. The van der Waals surface area contributed by atoms with Gasteiger partial charge in [0.1, 0.15) is 5.82 Å². The van der Waals surface area contributed by atoms with E-state index < -0.39 is 0 Å². The molecule has 2 aromatic rings. The average Bonchev–Trinajstić information content (AvgIpc) is 2.92. The van der Waals surface area contributed by atoms with Crippen molar-refractivity contribution in [3.63, 3.8) is 0 Å². The van der Waals surface area contributed by atoms with Crippen molar-refractivity contribution in [2.45, 2.75) is 40.0 Å². The number of hydrogen-bond acceptors (Lipinski definition) is 4. The quantitative estimate of drug-likeness (QED) is 0.710. The summed E-state index contributed by atoms with van der Waals surface area (Å²) in [5.74, 6) is 1.82. The largest absolute Gasteiger partial charge is 0.369 e. The number of hydrogen-bond donors (Lipinski definition) is 1. The van der Waals surface area contributed by atoms with Gasteiger partial charge < -0.3 is 5.32 Å². The van der Waals surface area contributed by atoms with Crippen LogP contribution in [-0.4, -0.2) is 16.5 Å². The molecule has 0 aliphatic carbocycles. The summed E-state index contributed by atoms with van der Waals surface area (Å²) in [6.07, 6.45) is 3.16. The van der Waals surface area contributed by atoms with Crippen LogP contribution < -0.4 is 5.32 Å². The molecule has 2 aromatic heterocycles. The molecule has 0 amide bonds. The first-order valence-electron chi connectivity index (χ1n) is 7.08. The lowest BCUT2D eigenvalue weighted by Crippen LogP contribution is -2.07. The van der Waals surface area contributed by atoms with Crippen LogP contribution in [0.3, 0.4) is 0 Å². The Morgan fingerprint density at radius 1 is 1.20 bits per heavy atom. The van der Waals surface area contributed by atoms with E-state index in [1.165, 1.54) is 4.88 Å². The van der Waals surface area contributed by atoms with Crippen LogP contribution in [0.15, 0.2) is 12.1 Å². The summed E-state index contributed by atoms with van der Waals surface area (Å²) < 4.78 is 1.15. The van der Waals surface area contributed by atoms with E-state index in [-0.39, 0.29) is 0 Å². The lowest BCUT2D eigenvalue weighted by molar-refractivity contribution is 0.867. The molecule has 0 aromatic carbocycles. The summed E-state index contributed by atoms with van der Waals surface area (Å²) in [6, 6.07) is 4.31. The number of aromatic nitrogens is 2. The molecular formula is C15H20IN3S. The summed E-state index contributed by atoms with van der Waals surface area (Å²) >= 11 is 4.14. The van der Waals surface area contributed by atoms with Crippen LogP contribution in [0.5, 0.6) is 0 Å². The SMILES string of the molecule is CCCc1nc(-c2ccc(CC)s2)nc(NCC)c1I.